The molecule has 0 nitrogen and oxygen atoms in total. The van der Waals surface area contributed by atoms with Gasteiger partial charge in [0, 0.05) is 0 Å². The van der Waals surface area contributed by atoms with Crippen LogP contribution < -0.4 is 0 Å². The zero-order chi connectivity index (χ0) is 6.15. The Kier molecular flexibility index (Phi) is 1.41. The van der Waals surface area contributed by atoms with E-state index >= 15 is 0 Å². The maximum atomic E-state index is 2.31. The first-order valence-electron chi connectivity index (χ1n) is 3.40. The predicted octanol–water partition coefficient (Wildman–Crippen LogP) is 2.46. The van der Waals surface area contributed by atoms with Gasteiger partial charge in [-0.2, -0.15) is 0 Å². The van der Waals surface area contributed by atoms with E-state index in [0.29, 0.717) is 0 Å². The topological polar surface area (TPSA) is 0 Å². The van der Waals surface area contributed by atoms with Gasteiger partial charge < -0.3 is 0 Å². The molecular weight excluding hydrogens is 96.1 g/mol. The van der Waals surface area contributed by atoms with Crippen molar-refractivity contribution in [2.45, 2.75) is 20.8 Å². The zero-order valence-corrected chi connectivity index (χ0v) is 5.89. The third-order valence-electron chi connectivity index (χ3n) is 2.38. The first kappa shape index (κ1) is 5.87. The van der Waals surface area contributed by atoms with Crippen molar-refractivity contribution in [1.82, 2.24) is 0 Å². The van der Waals surface area contributed by atoms with Crippen molar-refractivity contribution in [2.24, 2.45) is 17.8 Å². The van der Waals surface area contributed by atoms with E-state index in [9.17, 15) is 0 Å². The smallest absolute Gasteiger partial charge is 0.0231 e. The lowest BCUT2D eigenvalue weighted by Gasteiger charge is -2.12. The summed E-state index contributed by atoms with van der Waals surface area (Å²) in [7, 11) is 0. The van der Waals surface area contributed by atoms with Crippen molar-refractivity contribution in [2.75, 3.05) is 0 Å². The van der Waals surface area contributed by atoms with Crippen LogP contribution in [0.25, 0.3) is 0 Å². The molecule has 0 unspecified atom stereocenters. The summed E-state index contributed by atoms with van der Waals surface area (Å²) < 4.78 is 0. The summed E-state index contributed by atoms with van der Waals surface area (Å²) in [5.74, 6) is 2.49. The fraction of sp³-hybridized carbons (Fsp3) is 0.750. The Morgan fingerprint density at radius 1 is 0.875 bits per heavy atom. The molecule has 46 valence electrons. The maximum absolute atomic E-state index is 2.31. The molecule has 0 aromatic rings. The Labute approximate surface area is 51.6 Å². The fourth-order valence-electron chi connectivity index (χ4n) is 1.18. The molecule has 0 N–H and O–H groups in total. The lowest BCUT2D eigenvalue weighted by atomic mass is 9.93. The summed E-state index contributed by atoms with van der Waals surface area (Å²) >= 11 is 0. The SMILES string of the molecule is CC1[C@H](C)C=C[C@H]1C. The third-order valence-corrected chi connectivity index (χ3v) is 2.38. The van der Waals surface area contributed by atoms with Crippen LogP contribution in [0.5, 0.6) is 0 Å². The van der Waals surface area contributed by atoms with Gasteiger partial charge in [-0.15, -0.1) is 0 Å². The van der Waals surface area contributed by atoms with Crippen LogP contribution in [0.15, 0.2) is 12.2 Å². The van der Waals surface area contributed by atoms with Gasteiger partial charge >= 0.3 is 0 Å². The summed E-state index contributed by atoms with van der Waals surface area (Å²) in [5.41, 5.74) is 0. The first-order valence-corrected chi connectivity index (χ1v) is 3.40. The fourth-order valence-corrected chi connectivity index (χ4v) is 1.18. The molecule has 1 aliphatic carbocycles. The number of allylic oxidation sites excluding steroid dienone is 2. The molecule has 8 heavy (non-hydrogen) atoms. The van der Waals surface area contributed by atoms with Crippen LogP contribution in [0.4, 0.5) is 0 Å². The van der Waals surface area contributed by atoms with Gasteiger partial charge in [0.1, 0.15) is 0 Å². The highest BCUT2D eigenvalue weighted by atomic mass is 14.2. The molecule has 0 amide bonds. The quantitative estimate of drug-likeness (QED) is 0.420. The van der Waals surface area contributed by atoms with E-state index < -0.39 is 0 Å². The number of rotatable bonds is 0. The predicted molar refractivity (Wildman–Crippen MR) is 36.6 cm³/mol. The van der Waals surface area contributed by atoms with Crippen molar-refractivity contribution >= 4 is 0 Å². The van der Waals surface area contributed by atoms with E-state index in [0.717, 1.165) is 17.8 Å². The minimum Gasteiger partial charge on any atom is -0.0851 e. The summed E-state index contributed by atoms with van der Waals surface area (Å²) in [4.78, 5) is 0. The van der Waals surface area contributed by atoms with E-state index in [1.165, 1.54) is 0 Å². The van der Waals surface area contributed by atoms with Crippen LogP contribution >= 0.6 is 0 Å². The highest BCUT2D eigenvalue weighted by Crippen LogP contribution is 2.28. The molecule has 0 bridgehead atoms. The van der Waals surface area contributed by atoms with Crippen LogP contribution in [0.1, 0.15) is 20.8 Å². The van der Waals surface area contributed by atoms with E-state index in [1.807, 2.05) is 0 Å². The molecular formula is C8H14. The molecule has 0 fully saturated rings. The third kappa shape index (κ3) is 0.795. The lowest BCUT2D eigenvalue weighted by Crippen LogP contribution is -2.05. The van der Waals surface area contributed by atoms with Gasteiger partial charge in [-0.1, -0.05) is 32.9 Å². The zero-order valence-electron chi connectivity index (χ0n) is 5.89. The molecule has 0 heteroatoms. The van der Waals surface area contributed by atoms with Crippen molar-refractivity contribution in [3.63, 3.8) is 0 Å². The summed E-state index contributed by atoms with van der Waals surface area (Å²) in [6.07, 6.45) is 4.63. The monoisotopic (exact) mass is 110 g/mol. The van der Waals surface area contributed by atoms with Crippen molar-refractivity contribution in [1.29, 1.82) is 0 Å². The Balaban J connectivity index is 2.55. The van der Waals surface area contributed by atoms with Crippen LogP contribution in [0.2, 0.25) is 0 Å². The Bertz CT molecular complexity index is 90.6. The Morgan fingerprint density at radius 2 is 1.25 bits per heavy atom. The van der Waals surface area contributed by atoms with Crippen molar-refractivity contribution in [3.05, 3.63) is 12.2 Å². The van der Waals surface area contributed by atoms with E-state index in [2.05, 4.69) is 32.9 Å². The highest BCUT2D eigenvalue weighted by Gasteiger charge is 2.19. The molecule has 1 rings (SSSR count). The maximum Gasteiger partial charge on any atom is -0.0231 e. The van der Waals surface area contributed by atoms with Crippen molar-refractivity contribution in [3.8, 4) is 0 Å². The summed E-state index contributed by atoms with van der Waals surface area (Å²) in [5, 5.41) is 0. The average molecular weight is 110 g/mol. The van der Waals surface area contributed by atoms with Crippen LogP contribution in [-0.4, -0.2) is 0 Å². The Hall–Kier alpha value is -0.260. The minimum atomic E-state index is 0.810. The van der Waals surface area contributed by atoms with Gasteiger partial charge in [0.25, 0.3) is 0 Å². The standard InChI is InChI=1S/C8H14/c1-6-4-5-7(2)8(6)3/h4-8H,1-3H3/t6-,7-/m1/s1. The van der Waals surface area contributed by atoms with Gasteiger partial charge in [-0.25, -0.2) is 0 Å². The molecule has 0 heterocycles. The lowest BCUT2D eigenvalue weighted by molar-refractivity contribution is 0.406. The molecule has 0 radical (unpaired) electrons. The van der Waals surface area contributed by atoms with E-state index in [1.54, 1.807) is 0 Å². The molecule has 0 saturated carbocycles. The molecule has 2 atom stereocenters. The molecule has 1 aliphatic rings. The average Bonchev–Trinajstić information content (AvgIpc) is 1.98. The van der Waals surface area contributed by atoms with Crippen LogP contribution in [-0.2, 0) is 0 Å². The van der Waals surface area contributed by atoms with Gasteiger partial charge in [0.05, 0.1) is 0 Å². The van der Waals surface area contributed by atoms with Gasteiger partial charge in [0.2, 0.25) is 0 Å². The first-order chi connectivity index (χ1) is 3.72. The van der Waals surface area contributed by atoms with Crippen LogP contribution in [0.3, 0.4) is 0 Å². The summed E-state index contributed by atoms with van der Waals surface area (Å²) in [6.45, 7) is 6.88. The second-order valence-electron chi connectivity index (χ2n) is 2.96. The van der Waals surface area contributed by atoms with Crippen molar-refractivity contribution < 1.29 is 0 Å². The van der Waals surface area contributed by atoms with Gasteiger partial charge in [-0.05, 0) is 17.8 Å². The van der Waals surface area contributed by atoms with E-state index in [4.69, 9.17) is 0 Å². The van der Waals surface area contributed by atoms with E-state index in [-0.39, 0.29) is 0 Å². The van der Waals surface area contributed by atoms with Gasteiger partial charge in [0.15, 0.2) is 0 Å². The summed E-state index contributed by atoms with van der Waals surface area (Å²) in [6, 6.07) is 0. The molecule has 0 aliphatic heterocycles. The minimum absolute atomic E-state index is 0.810. The Morgan fingerprint density at radius 3 is 1.38 bits per heavy atom. The number of hydrogen-bond acceptors (Lipinski definition) is 0. The molecule has 0 saturated heterocycles. The number of hydrogen-bond donors (Lipinski definition) is 0. The van der Waals surface area contributed by atoms with Crippen LogP contribution in [0, 0.1) is 17.8 Å². The second-order valence-corrected chi connectivity index (χ2v) is 2.96. The normalized spacial score (nSPS) is 38.9. The van der Waals surface area contributed by atoms with Gasteiger partial charge in [-0.3, -0.25) is 0 Å². The molecule has 0 aromatic carbocycles. The highest BCUT2D eigenvalue weighted by molar-refractivity contribution is 5.02. The molecule has 0 aromatic heterocycles. The largest absolute Gasteiger partial charge is 0.0851 e. The second kappa shape index (κ2) is 1.93. The molecule has 0 spiro atoms.